The molecule has 0 aliphatic carbocycles. The smallest absolute Gasteiger partial charge is 0.203 e. The molecule has 1 aromatic carbocycles. The highest BCUT2D eigenvalue weighted by atomic mass is 79.9. The van der Waals surface area contributed by atoms with Crippen molar-refractivity contribution >= 4 is 21.7 Å². The summed E-state index contributed by atoms with van der Waals surface area (Å²) in [5, 5.41) is 0. The molecule has 13 heavy (non-hydrogen) atoms. The zero-order valence-corrected chi connectivity index (χ0v) is 8.74. The molecular weight excluding hydrogens is 232 g/mol. The minimum atomic E-state index is -0.0811. The molecule has 1 rings (SSSR count). The predicted molar refractivity (Wildman–Crippen MR) is 54.8 cm³/mol. The fourth-order valence-corrected chi connectivity index (χ4v) is 1.30. The van der Waals surface area contributed by atoms with Crippen LogP contribution in [-0.4, -0.2) is 12.9 Å². The summed E-state index contributed by atoms with van der Waals surface area (Å²) in [6, 6.07) is 9.02. The van der Waals surface area contributed by atoms with Gasteiger partial charge in [-0.2, -0.15) is 0 Å². The zero-order chi connectivity index (χ0) is 9.68. The highest BCUT2D eigenvalue weighted by molar-refractivity contribution is 9.12. The third-order valence-electron chi connectivity index (χ3n) is 1.47. The molecule has 0 atom stereocenters. The van der Waals surface area contributed by atoms with E-state index in [1.54, 1.807) is 12.1 Å². The number of rotatable bonds is 3. The summed E-state index contributed by atoms with van der Waals surface area (Å²) in [7, 11) is 1.50. The highest BCUT2D eigenvalue weighted by Gasteiger charge is 2.08. The summed E-state index contributed by atoms with van der Waals surface area (Å²) in [6.45, 7) is 0. The fraction of sp³-hybridized carbons (Fsp3) is 0.100. The largest absolute Gasteiger partial charge is 0.503 e. The molecule has 2 nitrogen and oxygen atoms in total. The third kappa shape index (κ3) is 2.70. The number of halogens is 1. The molecule has 0 aliphatic heterocycles. The fourth-order valence-electron chi connectivity index (χ4n) is 0.884. The van der Waals surface area contributed by atoms with Gasteiger partial charge in [-0.05, 0) is 15.9 Å². The van der Waals surface area contributed by atoms with Crippen LogP contribution in [0.1, 0.15) is 10.4 Å². The molecule has 0 saturated carbocycles. The first-order valence-corrected chi connectivity index (χ1v) is 4.53. The molecule has 0 heterocycles. The average molecular weight is 241 g/mol. The Bertz CT molecular complexity index is 317. The Kier molecular flexibility index (Phi) is 3.71. The second-order valence-electron chi connectivity index (χ2n) is 2.40. The topological polar surface area (TPSA) is 26.3 Å². The van der Waals surface area contributed by atoms with Crippen LogP contribution in [0.15, 0.2) is 41.1 Å². The van der Waals surface area contributed by atoms with E-state index >= 15 is 0 Å². The zero-order valence-electron chi connectivity index (χ0n) is 7.16. The van der Waals surface area contributed by atoms with Crippen molar-refractivity contribution in [1.29, 1.82) is 0 Å². The van der Waals surface area contributed by atoms with E-state index in [1.165, 1.54) is 13.4 Å². The molecule has 0 aromatic heterocycles. The van der Waals surface area contributed by atoms with Crippen LogP contribution in [0.3, 0.4) is 0 Å². The van der Waals surface area contributed by atoms with Gasteiger partial charge < -0.3 is 4.74 Å². The van der Waals surface area contributed by atoms with E-state index in [4.69, 9.17) is 4.74 Å². The summed E-state index contributed by atoms with van der Waals surface area (Å²) >= 11 is 3.13. The normalized spacial score (nSPS) is 11.1. The lowest BCUT2D eigenvalue weighted by Gasteiger charge is -1.98. The lowest BCUT2D eigenvalue weighted by Crippen LogP contribution is -1.98. The van der Waals surface area contributed by atoms with E-state index < -0.39 is 0 Å². The summed E-state index contributed by atoms with van der Waals surface area (Å²) < 4.78 is 5.13. The molecule has 68 valence electrons. The van der Waals surface area contributed by atoms with Crippen molar-refractivity contribution in [2.45, 2.75) is 0 Å². The standard InChI is InChI=1S/C10H9BrO2/c1-13-7-9(11)10(12)8-5-3-2-4-6-8/h2-7H,1H3/b9-7-. The van der Waals surface area contributed by atoms with E-state index in [-0.39, 0.29) is 5.78 Å². The first kappa shape index (κ1) is 9.99. The van der Waals surface area contributed by atoms with Crippen LogP contribution in [0.25, 0.3) is 0 Å². The van der Waals surface area contributed by atoms with Gasteiger partial charge in [-0.15, -0.1) is 0 Å². The lowest BCUT2D eigenvalue weighted by atomic mass is 10.1. The maximum absolute atomic E-state index is 11.5. The Labute approximate surface area is 85.3 Å². The van der Waals surface area contributed by atoms with E-state index in [0.717, 1.165) is 0 Å². The van der Waals surface area contributed by atoms with Crippen molar-refractivity contribution in [1.82, 2.24) is 0 Å². The van der Waals surface area contributed by atoms with E-state index in [0.29, 0.717) is 10.0 Å². The van der Waals surface area contributed by atoms with Crippen molar-refractivity contribution in [2.24, 2.45) is 0 Å². The highest BCUT2D eigenvalue weighted by Crippen LogP contribution is 2.13. The summed E-state index contributed by atoms with van der Waals surface area (Å²) in [5.41, 5.74) is 0.641. The second kappa shape index (κ2) is 4.82. The molecule has 0 radical (unpaired) electrons. The molecule has 3 heteroatoms. The number of ether oxygens (including phenoxy) is 1. The van der Waals surface area contributed by atoms with Gasteiger partial charge in [0.15, 0.2) is 0 Å². The molecule has 0 spiro atoms. The molecule has 0 bridgehead atoms. The van der Waals surface area contributed by atoms with Crippen LogP contribution in [0.5, 0.6) is 0 Å². The average Bonchev–Trinajstić information content (AvgIpc) is 2.18. The number of hydrogen-bond acceptors (Lipinski definition) is 2. The van der Waals surface area contributed by atoms with E-state index in [9.17, 15) is 4.79 Å². The number of Topliss-reactive ketones (excluding diaryl/α,β-unsaturated/α-hetero) is 1. The van der Waals surface area contributed by atoms with Crippen LogP contribution in [0.2, 0.25) is 0 Å². The van der Waals surface area contributed by atoms with Gasteiger partial charge in [-0.3, -0.25) is 4.79 Å². The molecule has 0 N–H and O–H groups in total. The minimum Gasteiger partial charge on any atom is -0.503 e. The van der Waals surface area contributed by atoms with Gasteiger partial charge in [-0.1, -0.05) is 30.3 Å². The van der Waals surface area contributed by atoms with Gasteiger partial charge in [0.1, 0.15) is 6.26 Å². The predicted octanol–water partition coefficient (Wildman–Crippen LogP) is 2.75. The van der Waals surface area contributed by atoms with Crippen LogP contribution in [-0.2, 0) is 4.74 Å². The number of hydrogen-bond donors (Lipinski definition) is 0. The minimum absolute atomic E-state index is 0.0811. The van der Waals surface area contributed by atoms with Crippen molar-refractivity contribution in [3.8, 4) is 0 Å². The second-order valence-corrected chi connectivity index (χ2v) is 3.25. The van der Waals surface area contributed by atoms with Gasteiger partial charge in [0.2, 0.25) is 5.78 Å². The summed E-state index contributed by atoms with van der Waals surface area (Å²) in [5.74, 6) is -0.0811. The third-order valence-corrected chi connectivity index (χ3v) is 2.02. The lowest BCUT2D eigenvalue weighted by molar-refractivity contribution is 0.104. The van der Waals surface area contributed by atoms with Crippen molar-refractivity contribution < 1.29 is 9.53 Å². The SMILES string of the molecule is CO/C=C(\Br)C(=O)c1ccccc1. The number of carbonyl (C=O) groups is 1. The number of allylic oxidation sites excluding steroid dienone is 1. The summed E-state index contributed by atoms with van der Waals surface area (Å²) in [4.78, 5) is 11.5. The molecule has 0 amide bonds. The molecule has 0 aliphatic rings. The van der Waals surface area contributed by atoms with Crippen LogP contribution >= 0.6 is 15.9 Å². The van der Waals surface area contributed by atoms with Gasteiger partial charge >= 0.3 is 0 Å². The molecule has 1 aromatic rings. The quantitative estimate of drug-likeness (QED) is 0.462. The van der Waals surface area contributed by atoms with Crippen molar-refractivity contribution in [2.75, 3.05) is 7.11 Å². The molecular formula is C10H9BrO2. The molecule has 0 fully saturated rings. The van der Waals surface area contributed by atoms with Crippen molar-refractivity contribution in [3.63, 3.8) is 0 Å². The van der Waals surface area contributed by atoms with Gasteiger partial charge in [0, 0.05) is 5.56 Å². The molecule has 0 unspecified atom stereocenters. The van der Waals surface area contributed by atoms with Gasteiger partial charge in [0.25, 0.3) is 0 Å². The maximum Gasteiger partial charge on any atom is 0.203 e. The first-order valence-electron chi connectivity index (χ1n) is 3.74. The Morgan fingerprint density at radius 3 is 2.54 bits per heavy atom. The van der Waals surface area contributed by atoms with E-state index in [2.05, 4.69) is 15.9 Å². The van der Waals surface area contributed by atoms with Crippen LogP contribution in [0.4, 0.5) is 0 Å². The number of carbonyl (C=O) groups excluding carboxylic acids is 1. The molecule has 0 saturated heterocycles. The Balaban J connectivity index is 2.86. The first-order chi connectivity index (χ1) is 6.25. The van der Waals surface area contributed by atoms with Gasteiger partial charge in [-0.25, -0.2) is 0 Å². The Hall–Kier alpha value is -1.09. The van der Waals surface area contributed by atoms with Crippen molar-refractivity contribution in [3.05, 3.63) is 46.6 Å². The van der Waals surface area contributed by atoms with E-state index in [1.807, 2.05) is 18.2 Å². The summed E-state index contributed by atoms with van der Waals surface area (Å²) in [6.07, 6.45) is 1.37. The Morgan fingerprint density at radius 2 is 2.00 bits per heavy atom. The monoisotopic (exact) mass is 240 g/mol. The maximum atomic E-state index is 11.5. The van der Waals surface area contributed by atoms with Crippen LogP contribution in [0, 0.1) is 0 Å². The Morgan fingerprint density at radius 1 is 1.38 bits per heavy atom. The number of ketones is 1. The number of benzene rings is 1. The van der Waals surface area contributed by atoms with Gasteiger partial charge in [0.05, 0.1) is 11.6 Å². The van der Waals surface area contributed by atoms with Crippen LogP contribution < -0.4 is 0 Å². The number of methoxy groups -OCH3 is 1.